The molecule has 2 rings (SSSR count). The van der Waals surface area contributed by atoms with Crippen molar-refractivity contribution in [2.75, 3.05) is 18.7 Å². The Morgan fingerprint density at radius 1 is 0.958 bits per heavy atom. The van der Waals surface area contributed by atoms with Crippen molar-refractivity contribution in [3.63, 3.8) is 0 Å². The predicted molar refractivity (Wildman–Crippen MR) is 95.9 cm³/mol. The highest BCUT2D eigenvalue weighted by Crippen LogP contribution is 2.25. The van der Waals surface area contributed by atoms with Crippen molar-refractivity contribution in [3.8, 4) is 11.5 Å². The number of carbonyl (C=O) groups is 1. The van der Waals surface area contributed by atoms with Crippen LogP contribution in [0.25, 0.3) is 0 Å². The van der Waals surface area contributed by atoms with Gasteiger partial charge in [0.05, 0.1) is 6.61 Å². The quantitative estimate of drug-likeness (QED) is 0.783. The van der Waals surface area contributed by atoms with Gasteiger partial charge in [-0.2, -0.15) is 0 Å². The van der Waals surface area contributed by atoms with Gasteiger partial charge in [-0.1, -0.05) is 12.1 Å². The molecule has 2 amide bonds. The number of benzene rings is 2. The van der Waals surface area contributed by atoms with E-state index in [2.05, 4.69) is 16.7 Å². The van der Waals surface area contributed by atoms with Crippen LogP contribution in [0.4, 0.5) is 10.5 Å². The van der Waals surface area contributed by atoms with E-state index in [9.17, 15) is 4.79 Å². The van der Waals surface area contributed by atoms with Crippen molar-refractivity contribution in [3.05, 3.63) is 53.1 Å². The second kappa shape index (κ2) is 8.24. The van der Waals surface area contributed by atoms with Crippen molar-refractivity contribution in [1.29, 1.82) is 0 Å². The Labute approximate surface area is 143 Å². The largest absolute Gasteiger partial charge is 0.494 e. The number of hydrogen-bond donors (Lipinski definition) is 2. The molecule has 0 saturated carbocycles. The Bertz CT molecular complexity index is 697. The fourth-order valence-corrected chi connectivity index (χ4v) is 2.30. The summed E-state index contributed by atoms with van der Waals surface area (Å²) < 4.78 is 11.1. The Morgan fingerprint density at radius 2 is 1.62 bits per heavy atom. The molecule has 0 aliphatic carbocycles. The van der Waals surface area contributed by atoms with Gasteiger partial charge in [-0.05, 0) is 68.7 Å². The summed E-state index contributed by atoms with van der Waals surface area (Å²) in [4.78, 5) is 11.9. The summed E-state index contributed by atoms with van der Waals surface area (Å²) in [7, 11) is 0. The molecule has 2 aromatic rings. The Balaban J connectivity index is 1.84. The SMILES string of the molecule is CCOc1ccc(NC(=O)NCOc2c(C)ccc(C)c2C)cc1. The van der Waals surface area contributed by atoms with E-state index in [1.54, 1.807) is 12.1 Å². The van der Waals surface area contributed by atoms with Gasteiger partial charge in [0.1, 0.15) is 11.5 Å². The maximum absolute atomic E-state index is 11.9. The zero-order valence-electron chi connectivity index (χ0n) is 14.6. The molecule has 2 N–H and O–H groups in total. The monoisotopic (exact) mass is 328 g/mol. The van der Waals surface area contributed by atoms with Crippen molar-refractivity contribution in [2.45, 2.75) is 27.7 Å². The maximum atomic E-state index is 11.9. The molecule has 2 aromatic carbocycles. The molecule has 0 radical (unpaired) electrons. The first-order valence-corrected chi connectivity index (χ1v) is 7.98. The summed E-state index contributed by atoms with van der Waals surface area (Å²) in [6, 6.07) is 11.0. The molecule has 0 fully saturated rings. The minimum absolute atomic E-state index is 0.105. The lowest BCUT2D eigenvalue weighted by atomic mass is 10.1. The van der Waals surface area contributed by atoms with Gasteiger partial charge in [0.15, 0.2) is 6.73 Å². The smallest absolute Gasteiger partial charge is 0.321 e. The van der Waals surface area contributed by atoms with Crippen LogP contribution in [-0.4, -0.2) is 19.4 Å². The number of anilines is 1. The van der Waals surface area contributed by atoms with Crippen molar-refractivity contribution in [2.24, 2.45) is 0 Å². The standard InChI is InChI=1S/C19H24N2O3/c1-5-23-17-10-8-16(9-11-17)21-19(22)20-12-24-18-14(3)7-6-13(2)15(18)4/h6-11H,5,12H2,1-4H3,(H2,20,21,22). The summed E-state index contributed by atoms with van der Waals surface area (Å²) >= 11 is 0. The maximum Gasteiger partial charge on any atom is 0.321 e. The topological polar surface area (TPSA) is 59.6 Å². The van der Waals surface area contributed by atoms with Crippen LogP contribution in [0.2, 0.25) is 0 Å². The fraction of sp³-hybridized carbons (Fsp3) is 0.316. The summed E-state index contributed by atoms with van der Waals surface area (Å²) in [6.45, 7) is 8.68. The number of nitrogens with one attached hydrogen (secondary N) is 2. The first-order chi connectivity index (χ1) is 11.5. The van der Waals surface area contributed by atoms with Gasteiger partial charge in [0.2, 0.25) is 0 Å². The van der Waals surface area contributed by atoms with Crippen LogP contribution in [0, 0.1) is 20.8 Å². The van der Waals surface area contributed by atoms with E-state index < -0.39 is 0 Å². The van der Waals surface area contributed by atoms with Gasteiger partial charge in [-0.3, -0.25) is 0 Å². The van der Waals surface area contributed by atoms with E-state index >= 15 is 0 Å². The van der Waals surface area contributed by atoms with Gasteiger partial charge in [-0.15, -0.1) is 0 Å². The summed E-state index contributed by atoms with van der Waals surface area (Å²) in [5.41, 5.74) is 3.99. The number of hydrogen-bond acceptors (Lipinski definition) is 3. The fourth-order valence-electron chi connectivity index (χ4n) is 2.30. The lowest BCUT2D eigenvalue weighted by molar-refractivity contribution is 0.234. The van der Waals surface area contributed by atoms with Crippen molar-refractivity contribution >= 4 is 11.7 Å². The van der Waals surface area contributed by atoms with Crippen molar-refractivity contribution < 1.29 is 14.3 Å². The molecule has 128 valence electrons. The third kappa shape index (κ3) is 4.65. The normalized spacial score (nSPS) is 10.2. The molecule has 0 bridgehead atoms. The highest BCUT2D eigenvalue weighted by Gasteiger charge is 2.07. The van der Waals surface area contributed by atoms with Gasteiger partial charge >= 0.3 is 6.03 Å². The number of rotatable bonds is 6. The average molecular weight is 328 g/mol. The number of ether oxygens (including phenoxy) is 2. The second-order valence-electron chi connectivity index (χ2n) is 5.53. The molecule has 0 spiro atoms. The molecule has 0 unspecified atom stereocenters. The van der Waals surface area contributed by atoms with E-state index in [1.165, 1.54) is 0 Å². The van der Waals surface area contributed by atoms with Gasteiger partial charge in [0.25, 0.3) is 0 Å². The second-order valence-corrected chi connectivity index (χ2v) is 5.53. The van der Waals surface area contributed by atoms with E-state index in [0.29, 0.717) is 12.3 Å². The molecular weight excluding hydrogens is 304 g/mol. The third-order valence-corrected chi connectivity index (χ3v) is 3.75. The molecule has 0 saturated heterocycles. The molecule has 0 aliphatic heterocycles. The Kier molecular flexibility index (Phi) is 6.07. The van der Waals surface area contributed by atoms with Crippen molar-refractivity contribution in [1.82, 2.24) is 5.32 Å². The van der Waals surface area contributed by atoms with E-state index in [4.69, 9.17) is 9.47 Å². The zero-order valence-corrected chi connectivity index (χ0v) is 14.6. The molecule has 24 heavy (non-hydrogen) atoms. The van der Waals surface area contributed by atoms with Crippen LogP contribution >= 0.6 is 0 Å². The summed E-state index contributed by atoms with van der Waals surface area (Å²) in [5, 5.41) is 5.44. The molecule has 0 aliphatic rings. The van der Waals surface area contributed by atoms with Gasteiger partial charge < -0.3 is 20.1 Å². The molecule has 0 atom stereocenters. The Hall–Kier alpha value is -2.69. The third-order valence-electron chi connectivity index (χ3n) is 3.75. The van der Waals surface area contributed by atoms with Crippen LogP contribution in [0.3, 0.4) is 0 Å². The minimum Gasteiger partial charge on any atom is -0.494 e. The lowest BCUT2D eigenvalue weighted by Gasteiger charge is -2.14. The van der Waals surface area contributed by atoms with Crippen LogP contribution in [0.1, 0.15) is 23.6 Å². The minimum atomic E-state index is -0.317. The highest BCUT2D eigenvalue weighted by atomic mass is 16.5. The molecule has 0 aromatic heterocycles. The number of amides is 2. The molecule has 5 nitrogen and oxygen atoms in total. The lowest BCUT2D eigenvalue weighted by Crippen LogP contribution is -2.32. The van der Waals surface area contributed by atoms with Gasteiger partial charge in [-0.25, -0.2) is 4.79 Å². The van der Waals surface area contributed by atoms with Crippen LogP contribution < -0.4 is 20.1 Å². The van der Waals surface area contributed by atoms with E-state index in [0.717, 1.165) is 28.2 Å². The molecular formula is C19H24N2O3. The van der Waals surface area contributed by atoms with Crippen LogP contribution in [-0.2, 0) is 0 Å². The number of urea groups is 1. The van der Waals surface area contributed by atoms with E-state index in [-0.39, 0.29) is 12.8 Å². The summed E-state index contributed by atoms with van der Waals surface area (Å²) in [5.74, 6) is 1.59. The summed E-state index contributed by atoms with van der Waals surface area (Å²) in [6.07, 6.45) is 0. The van der Waals surface area contributed by atoms with Gasteiger partial charge in [0, 0.05) is 5.69 Å². The first-order valence-electron chi connectivity index (χ1n) is 7.98. The number of aryl methyl sites for hydroxylation is 2. The van der Waals surface area contributed by atoms with Crippen LogP contribution in [0.15, 0.2) is 36.4 Å². The first kappa shape index (κ1) is 17.7. The highest BCUT2D eigenvalue weighted by molar-refractivity contribution is 5.89. The number of carbonyl (C=O) groups excluding carboxylic acids is 1. The predicted octanol–water partition coefficient (Wildman–Crippen LogP) is 4.17. The Morgan fingerprint density at radius 3 is 2.29 bits per heavy atom. The average Bonchev–Trinajstić information content (AvgIpc) is 2.56. The van der Waals surface area contributed by atoms with Crippen LogP contribution in [0.5, 0.6) is 11.5 Å². The molecule has 0 heterocycles. The van der Waals surface area contributed by atoms with E-state index in [1.807, 2.05) is 45.9 Å². The zero-order chi connectivity index (χ0) is 17.5. The molecule has 5 heteroatoms.